The van der Waals surface area contributed by atoms with Gasteiger partial charge in [-0.2, -0.15) is 13.2 Å². The minimum Gasteiger partial charge on any atom is -0.327 e. The molecule has 0 aromatic rings. The molecule has 2 nitrogen and oxygen atoms in total. The topological polar surface area (TPSA) is 29.3 Å². The Bertz CT molecular complexity index is 157. The zero-order valence-corrected chi connectivity index (χ0v) is 8.93. The van der Waals surface area contributed by atoms with Crippen molar-refractivity contribution >= 4 is 0 Å². The van der Waals surface area contributed by atoms with Crippen LogP contribution in [0.15, 0.2) is 0 Å². The minimum atomic E-state index is -4.14. The van der Waals surface area contributed by atoms with Gasteiger partial charge in [0, 0.05) is 12.1 Å². The Balaban J connectivity index is 4.28. The molecule has 0 aliphatic heterocycles. The van der Waals surface area contributed by atoms with E-state index in [1.165, 1.54) is 4.90 Å². The zero-order chi connectivity index (χ0) is 11.4. The first kappa shape index (κ1) is 13.7. The van der Waals surface area contributed by atoms with Crippen molar-refractivity contribution in [2.45, 2.75) is 45.5 Å². The van der Waals surface area contributed by atoms with E-state index in [4.69, 9.17) is 5.73 Å². The third kappa shape index (κ3) is 5.44. The van der Waals surface area contributed by atoms with E-state index >= 15 is 0 Å². The molecule has 0 bridgehead atoms. The van der Waals surface area contributed by atoms with Gasteiger partial charge in [-0.1, -0.05) is 6.92 Å². The molecular weight excluding hydrogens is 193 g/mol. The lowest BCUT2D eigenvalue weighted by Gasteiger charge is -2.31. The van der Waals surface area contributed by atoms with E-state index in [0.717, 1.165) is 0 Å². The lowest BCUT2D eigenvalue weighted by molar-refractivity contribution is -0.150. The van der Waals surface area contributed by atoms with Crippen molar-refractivity contribution in [1.82, 2.24) is 4.90 Å². The molecule has 0 aromatic carbocycles. The van der Waals surface area contributed by atoms with Gasteiger partial charge in [0.05, 0.1) is 6.54 Å². The van der Waals surface area contributed by atoms with Crippen molar-refractivity contribution in [1.29, 1.82) is 0 Å². The summed E-state index contributed by atoms with van der Waals surface area (Å²) in [5.74, 6) is 0. The molecule has 2 N–H and O–H groups in total. The van der Waals surface area contributed by atoms with Crippen molar-refractivity contribution in [2.24, 2.45) is 5.73 Å². The molecule has 86 valence electrons. The molecule has 5 heteroatoms. The molecule has 0 fully saturated rings. The molecule has 0 rings (SSSR count). The number of nitrogens with zero attached hydrogens (tertiary/aromatic N) is 1. The van der Waals surface area contributed by atoms with Gasteiger partial charge in [0.1, 0.15) is 0 Å². The van der Waals surface area contributed by atoms with Crippen LogP contribution >= 0.6 is 0 Å². The second kappa shape index (κ2) is 5.56. The summed E-state index contributed by atoms with van der Waals surface area (Å²) in [6.07, 6.45) is -3.44. The molecule has 0 aliphatic rings. The second-order valence-corrected chi connectivity index (χ2v) is 3.69. The van der Waals surface area contributed by atoms with Crippen LogP contribution in [0, 0.1) is 0 Å². The van der Waals surface area contributed by atoms with Crippen LogP contribution < -0.4 is 5.73 Å². The fourth-order valence-electron chi connectivity index (χ4n) is 1.28. The van der Waals surface area contributed by atoms with Crippen LogP contribution in [-0.2, 0) is 0 Å². The number of alkyl halides is 3. The van der Waals surface area contributed by atoms with E-state index in [1.807, 2.05) is 6.92 Å². The Hall–Kier alpha value is -0.290. The van der Waals surface area contributed by atoms with Crippen LogP contribution in [-0.4, -0.2) is 36.2 Å². The summed E-state index contributed by atoms with van der Waals surface area (Å²) in [6.45, 7) is 4.87. The van der Waals surface area contributed by atoms with Gasteiger partial charge >= 0.3 is 6.18 Å². The van der Waals surface area contributed by atoms with Crippen LogP contribution in [0.3, 0.4) is 0 Å². The molecule has 0 saturated heterocycles. The quantitative estimate of drug-likeness (QED) is 0.755. The average Bonchev–Trinajstić information content (AvgIpc) is 1.99. The molecule has 0 saturated carbocycles. The SMILES string of the molecule is CCCN(CC(F)(F)F)C(C)C(C)N. The Morgan fingerprint density at radius 3 is 2.07 bits per heavy atom. The molecule has 0 heterocycles. The van der Waals surface area contributed by atoms with Crippen LogP contribution in [0.2, 0.25) is 0 Å². The standard InChI is InChI=1S/C9H19F3N2/c1-4-5-14(6-9(10,11)12)8(3)7(2)13/h7-8H,4-6,13H2,1-3H3. The van der Waals surface area contributed by atoms with Crippen molar-refractivity contribution in [3.8, 4) is 0 Å². The highest BCUT2D eigenvalue weighted by molar-refractivity contribution is 4.76. The minimum absolute atomic E-state index is 0.239. The van der Waals surface area contributed by atoms with Gasteiger partial charge in [-0.25, -0.2) is 0 Å². The summed E-state index contributed by atoms with van der Waals surface area (Å²) >= 11 is 0. The molecule has 0 radical (unpaired) electrons. The highest BCUT2D eigenvalue weighted by atomic mass is 19.4. The first-order valence-corrected chi connectivity index (χ1v) is 4.84. The third-order valence-electron chi connectivity index (χ3n) is 2.23. The van der Waals surface area contributed by atoms with Crippen molar-refractivity contribution in [3.05, 3.63) is 0 Å². The highest BCUT2D eigenvalue weighted by Gasteiger charge is 2.32. The largest absolute Gasteiger partial charge is 0.401 e. The smallest absolute Gasteiger partial charge is 0.327 e. The van der Waals surface area contributed by atoms with Gasteiger partial charge in [0.25, 0.3) is 0 Å². The maximum absolute atomic E-state index is 12.2. The maximum Gasteiger partial charge on any atom is 0.401 e. The monoisotopic (exact) mass is 212 g/mol. The van der Waals surface area contributed by atoms with E-state index < -0.39 is 12.7 Å². The lowest BCUT2D eigenvalue weighted by Crippen LogP contribution is -2.48. The number of hydrogen-bond acceptors (Lipinski definition) is 2. The van der Waals surface area contributed by atoms with E-state index in [2.05, 4.69) is 0 Å². The Morgan fingerprint density at radius 2 is 1.79 bits per heavy atom. The molecule has 0 amide bonds. The van der Waals surface area contributed by atoms with Gasteiger partial charge in [0.2, 0.25) is 0 Å². The molecule has 0 aliphatic carbocycles. The van der Waals surface area contributed by atoms with Crippen LogP contribution in [0.25, 0.3) is 0 Å². The summed E-state index contributed by atoms with van der Waals surface area (Å²) in [5.41, 5.74) is 5.58. The van der Waals surface area contributed by atoms with Crippen molar-refractivity contribution in [2.75, 3.05) is 13.1 Å². The summed E-state index contributed by atoms with van der Waals surface area (Å²) < 4.78 is 36.5. The molecular formula is C9H19F3N2. The van der Waals surface area contributed by atoms with Crippen molar-refractivity contribution < 1.29 is 13.2 Å². The van der Waals surface area contributed by atoms with Crippen LogP contribution in [0.1, 0.15) is 27.2 Å². The summed E-state index contributed by atoms with van der Waals surface area (Å²) in [7, 11) is 0. The number of hydrogen-bond donors (Lipinski definition) is 1. The number of halogens is 3. The summed E-state index contributed by atoms with van der Waals surface area (Å²) in [4.78, 5) is 1.38. The van der Waals surface area contributed by atoms with E-state index in [1.54, 1.807) is 13.8 Å². The summed E-state index contributed by atoms with van der Waals surface area (Å²) in [5, 5.41) is 0. The Morgan fingerprint density at radius 1 is 1.29 bits per heavy atom. The van der Waals surface area contributed by atoms with E-state index in [-0.39, 0.29) is 12.1 Å². The van der Waals surface area contributed by atoms with E-state index in [9.17, 15) is 13.2 Å². The molecule has 0 aromatic heterocycles. The van der Waals surface area contributed by atoms with Gasteiger partial charge in [0.15, 0.2) is 0 Å². The highest BCUT2D eigenvalue weighted by Crippen LogP contribution is 2.18. The van der Waals surface area contributed by atoms with Gasteiger partial charge in [-0.05, 0) is 26.8 Å². The lowest BCUT2D eigenvalue weighted by atomic mass is 10.1. The van der Waals surface area contributed by atoms with Crippen LogP contribution in [0.4, 0.5) is 13.2 Å². The fourth-order valence-corrected chi connectivity index (χ4v) is 1.28. The first-order valence-electron chi connectivity index (χ1n) is 4.84. The second-order valence-electron chi connectivity index (χ2n) is 3.69. The first-order chi connectivity index (χ1) is 6.28. The van der Waals surface area contributed by atoms with E-state index in [0.29, 0.717) is 13.0 Å². The molecule has 2 atom stereocenters. The van der Waals surface area contributed by atoms with Crippen LogP contribution in [0.5, 0.6) is 0 Å². The third-order valence-corrected chi connectivity index (χ3v) is 2.23. The zero-order valence-electron chi connectivity index (χ0n) is 8.93. The summed E-state index contributed by atoms with van der Waals surface area (Å²) in [6, 6.07) is -0.486. The normalized spacial score (nSPS) is 17.1. The molecule has 0 spiro atoms. The molecule has 2 unspecified atom stereocenters. The maximum atomic E-state index is 12.2. The molecule has 14 heavy (non-hydrogen) atoms. The fraction of sp³-hybridized carbons (Fsp3) is 1.00. The Kier molecular flexibility index (Phi) is 5.44. The average molecular weight is 212 g/mol. The predicted octanol–water partition coefficient (Wildman–Crippen LogP) is 2.00. The van der Waals surface area contributed by atoms with Gasteiger partial charge < -0.3 is 5.73 Å². The van der Waals surface area contributed by atoms with Crippen molar-refractivity contribution in [3.63, 3.8) is 0 Å². The number of nitrogens with two attached hydrogens (primary N) is 1. The van der Waals surface area contributed by atoms with Gasteiger partial charge in [-0.3, -0.25) is 4.90 Å². The Labute approximate surface area is 83.3 Å². The predicted molar refractivity (Wildman–Crippen MR) is 51.0 cm³/mol. The van der Waals surface area contributed by atoms with Gasteiger partial charge in [-0.15, -0.1) is 0 Å². The number of rotatable bonds is 5.